The average molecular weight is 247 g/mol. The lowest BCUT2D eigenvalue weighted by Gasteiger charge is -2.12. The van der Waals surface area contributed by atoms with Crippen molar-refractivity contribution in [3.63, 3.8) is 0 Å². The fraction of sp³-hybridized carbons (Fsp3) is 0.0833. The summed E-state index contributed by atoms with van der Waals surface area (Å²) in [4.78, 5) is 4.15. The molecule has 0 aliphatic carbocycles. The van der Waals surface area contributed by atoms with Gasteiger partial charge in [0, 0.05) is 6.20 Å². The highest BCUT2D eigenvalue weighted by molar-refractivity contribution is 6.34. The number of nitrogens with zero attached hydrogens (tertiary/aromatic N) is 1. The molecule has 5 heteroatoms. The highest BCUT2D eigenvalue weighted by Gasteiger charge is 2.11. The predicted molar refractivity (Wildman–Crippen MR) is 70.5 cm³/mol. The summed E-state index contributed by atoms with van der Waals surface area (Å²) in [6.07, 6.45) is 1.67. The minimum absolute atomic E-state index is 0.485. The number of aromatic nitrogens is 1. The lowest BCUT2D eigenvalue weighted by atomic mass is 9.98. The van der Waals surface area contributed by atoms with Crippen LogP contribution in [0.4, 0.5) is 0 Å². The van der Waals surface area contributed by atoms with Crippen molar-refractivity contribution in [2.45, 2.75) is 0 Å². The van der Waals surface area contributed by atoms with Crippen LogP contribution in [-0.2, 0) is 0 Å². The second-order valence-corrected chi connectivity index (χ2v) is 3.91. The highest BCUT2D eigenvalue weighted by Crippen LogP contribution is 2.36. The van der Waals surface area contributed by atoms with Crippen molar-refractivity contribution in [2.75, 3.05) is 7.11 Å². The van der Waals surface area contributed by atoms with Crippen LogP contribution in [0.2, 0.25) is 5.02 Å². The zero-order valence-corrected chi connectivity index (χ0v) is 10.4. The van der Waals surface area contributed by atoms with Gasteiger partial charge in [-0.15, -0.1) is 0 Å². The molecule has 3 nitrogen and oxygen atoms in total. The third-order valence-corrected chi connectivity index (χ3v) is 2.61. The Bertz CT molecular complexity index is 534. The number of hydrogen-bond acceptors (Lipinski definition) is 3. The Kier molecular flexibility index (Phi) is 3.54. The van der Waals surface area contributed by atoms with E-state index >= 15 is 0 Å². The maximum Gasteiger partial charge on any atom is 0.213 e. The maximum atomic E-state index is 6.08. The van der Waals surface area contributed by atoms with E-state index in [4.69, 9.17) is 21.1 Å². The SMILES string of the molecule is Bc1cccnc1Oc1c(Cl)cccc1OC. The van der Waals surface area contributed by atoms with Crippen LogP contribution in [0.3, 0.4) is 0 Å². The summed E-state index contributed by atoms with van der Waals surface area (Å²) in [5, 5.41) is 0.495. The average Bonchev–Trinajstić information content (AvgIpc) is 2.34. The fourth-order valence-corrected chi connectivity index (χ4v) is 1.63. The van der Waals surface area contributed by atoms with Crippen LogP contribution in [0.5, 0.6) is 17.4 Å². The Morgan fingerprint density at radius 3 is 2.76 bits per heavy atom. The van der Waals surface area contributed by atoms with Gasteiger partial charge in [0.05, 0.1) is 12.1 Å². The molecule has 0 saturated heterocycles. The van der Waals surface area contributed by atoms with Crippen LogP contribution >= 0.6 is 11.6 Å². The van der Waals surface area contributed by atoms with E-state index in [-0.39, 0.29) is 0 Å². The highest BCUT2D eigenvalue weighted by atomic mass is 35.5. The second-order valence-electron chi connectivity index (χ2n) is 3.50. The lowest BCUT2D eigenvalue weighted by Crippen LogP contribution is -2.08. The van der Waals surface area contributed by atoms with Crippen LogP contribution < -0.4 is 14.9 Å². The minimum atomic E-state index is 0.485. The first-order valence-electron chi connectivity index (χ1n) is 5.14. The van der Waals surface area contributed by atoms with Crippen LogP contribution in [0.1, 0.15) is 0 Å². The number of methoxy groups -OCH3 is 1. The van der Waals surface area contributed by atoms with Crippen molar-refractivity contribution < 1.29 is 9.47 Å². The molecule has 17 heavy (non-hydrogen) atoms. The van der Waals surface area contributed by atoms with Gasteiger partial charge < -0.3 is 9.47 Å². The molecular weight excluding hydrogens is 236 g/mol. The number of para-hydroxylation sites is 1. The van der Waals surface area contributed by atoms with Gasteiger partial charge in [-0.25, -0.2) is 4.98 Å². The molecule has 0 saturated carbocycles. The summed E-state index contributed by atoms with van der Waals surface area (Å²) in [5.74, 6) is 1.60. The van der Waals surface area contributed by atoms with E-state index < -0.39 is 0 Å². The van der Waals surface area contributed by atoms with Crippen LogP contribution in [0.15, 0.2) is 36.5 Å². The van der Waals surface area contributed by atoms with E-state index in [9.17, 15) is 0 Å². The molecule has 0 amide bonds. The first kappa shape index (κ1) is 11.8. The monoisotopic (exact) mass is 247 g/mol. The van der Waals surface area contributed by atoms with Gasteiger partial charge in [0.2, 0.25) is 5.88 Å². The Labute approximate surface area is 106 Å². The van der Waals surface area contributed by atoms with Gasteiger partial charge in [-0.3, -0.25) is 0 Å². The van der Waals surface area contributed by atoms with E-state index in [1.165, 1.54) is 0 Å². The number of pyridine rings is 1. The number of ether oxygens (including phenoxy) is 2. The molecule has 0 aliphatic heterocycles. The molecule has 86 valence electrons. The molecule has 1 heterocycles. The summed E-state index contributed by atoms with van der Waals surface area (Å²) >= 11 is 6.08. The lowest BCUT2D eigenvalue weighted by molar-refractivity contribution is 0.375. The number of benzene rings is 1. The molecule has 0 unspecified atom stereocenters. The van der Waals surface area contributed by atoms with E-state index in [1.807, 2.05) is 20.0 Å². The zero-order chi connectivity index (χ0) is 12.3. The van der Waals surface area contributed by atoms with Crippen molar-refractivity contribution in [1.29, 1.82) is 0 Å². The molecule has 0 spiro atoms. The Hall–Kier alpha value is -1.68. The molecule has 0 atom stereocenters. The first-order chi connectivity index (χ1) is 8.22. The van der Waals surface area contributed by atoms with Gasteiger partial charge in [-0.1, -0.05) is 23.7 Å². The van der Waals surface area contributed by atoms with E-state index in [0.29, 0.717) is 22.4 Å². The maximum absolute atomic E-state index is 6.08. The van der Waals surface area contributed by atoms with Gasteiger partial charge in [-0.2, -0.15) is 0 Å². The van der Waals surface area contributed by atoms with E-state index in [0.717, 1.165) is 5.46 Å². The van der Waals surface area contributed by atoms with Crippen molar-refractivity contribution >= 4 is 24.9 Å². The van der Waals surface area contributed by atoms with E-state index in [2.05, 4.69) is 4.98 Å². The topological polar surface area (TPSA) is 31.4 Å². The fourth-order valence-electron chi connectivity index (χ4n) is 1.42. The summed E-state index contributed by atoms with van der Waals surface area (Å²) in [5.41, 5.74) is 0.939. The summed E-state index contributed by atoms with van der Waals surface area (Å²) < 4.78 is 10.9. The third kappa shape index (κ3) is 2.53. The summed E-state index contributed by atoms with van der Waals surface area (Å²) in [6.45, 7) is 0. The molecule has 1 aromatic heterocycles. The van der Waals surface area contributed by atoms with E-state index in [1.54, 1.807) is 31.5 Å². The predicted octanol–water partition coefficient (Wildman–Crippen LogP) is 1.79. The normalized spacial score (nSPS) is 10.0. The van der Waals surface area contributed by atoms with Crippen molar-refractivity contribution in [3.8, 4) is 17.4 Å². The quantitative estimate of drug-likeness (QED) is 0.775. The van der Waals surface area contributed by atoms with Crippen LogP contribution in [0, 0.1) is 0 Å². The minimum Gasteiger partial charge on any atom is -0.493 e. The molecule has 2 rings (SSSR count). The molecule has 0 radical (unpaired) electrons. The van der Waals surface area contributed by atoms with Crippen molar-refractivity contribution in [2.24, 2.45) is 0 Å². The standard InChI is InChI=1S/C12H11BClNO2/c1-16-10-6-2-5-9(14)11(10)17-12-8(13)4-3-7-15-12/h2-7H,13H2,1H3. The third-order valence-electron chi connectivity index (χ3n) is 2.31. The largest absolute Gasteiger partial charge is 0.493 e. The number of rotatable bonds is 3. The Morgan fingerprint density at radius 2 is 2.06 bits per heavy atom. The molecule has 0 aliphatic rings. The van der Waals surface area contributed by atoms with Crippen LogP contribution in [0.25, 0.3) is 0 Å². The van der Waals surface area contributed by atoms with Gasteiger partial charge in [0.1, 0.15) is 7.85 Å². The molecular formula is C12H11BClNO2. The molecule has 0 fully saturated rings. The van der Waals surface area contributed by atoms with Crippen molar-refractivity contribution in [3.05, 3.63) is 41.6 Å². The van der Waals surface area contributed by atoms with Crippen molar-refractivity contribution in [1.82, 2.24) is 4.98 Å². The van der Waals surface area contributed by atoms with Gasteiger partial charge in [-0.05, 0) is 23.7 Å². The first-order valence-corrected chi connectivity index (χ1v) is 5.52. The molecule has 0 bridgehead atoms. The molecule has 1 aromatic carbocycles. The molecule has 0 N–H and O–H groups in total. The summed E-state index contributed by atoms with van der Waals surface area (Å²) in [6, 6.07) is 9.12. The van der Waals surface area contributed by atoms with Gasteiger partial charge in [0.25, 0.3) is 0 Å². The Balaban J connectivity index is 2.39. The molecule has 2 aromatic rings. The number of hydrogen-bond donors (Lipinski definition) is 0. The van der Waals surface area contributed by atoms with Gasteiger partial charge in [0.15, 0.2) is 11.5 Å². The van der Waals surface area contributed by atoms with Gasteiger partial charge >= 0.3 is 0 Å². The zero-order valence-electron chi connectivity index (χ0n) is 9.61. The second kappa shape index (κ2) is 5.10. The van der Waals surface area contributed by atoms with Crippen LogP contribution in [-0.4, -0.2) is 19.9 Å². The Morgan fingerprint density at radius 1 is 1.24 bits per heavy atom. The summed E-state index contributed by atoms with van der Waals surface area (Å²) in [7, 11) is 3.50. The smallest absolute Gasteiger partial charge is 0.213 e. The number of halogens is 1.